The summed E-state index contributed by atoms with van der Waals surface area (Å²) in [6.07, 6.45) is 0. The zero-order valence-electron chi connectivity index (χ0n) is 9.90. The molecule has 1 aromatic heterocycles. The van der Waals surface area contributed by atoms with Gasteiger partial charge in [0.2, 0.25) is 0 Å². The Hall–Kier alpha value is -2.83. The van der Waals surface area contributed by atoms with Crippen molar-refractivity contribution in [2.45, 2.75) is 6.54 Å². The standard InChI is InChI=1S/C12H12N4O3/c17-10-6-9(15-12(19)16-10)7-13-11(18)14-8-4-2-1-3-5-8/h1-6H,7H2,(H2,13,14,18)(H2,15,16,17,19). The van der Waals surface area contributed by atoms with Crippen LogP contribution in [0.25, 0.3) is 0 Å². The largest absolute Gasteiger partial charge is 0.332 e. The van der Waals surface area contributed by atoms with Gasteiger partial charge in [0.05, 0.1) is 6.54 Å². The highest BCUT2D eigenvalue weighted by Crippen LogP contribution is 2.04. The summed E-state index contributed by atoms with van der Waals surface area (Å²) in [6, 6.07) is 9.71. The maximum absolute atomic E-state index is 11.6. The van der Waals surface area contributed by atoms with Crippen LogP contribution in [0.4, 0.5) is 10.5 Å². The van der Waals surface area contributed by atoms with Crippen molar-refractivity contribution in [3.63, 3.8) is 0 Å². The van der Waals surface area contributed by atoms with E-state index in [1.807, 2.05) is 11.1 Å². The first kappa shape index (κ1) is 12.6. The molecule has 0 radical (unpaired) electrons. The molecule has 0 unspecified atom stereocenters. The first-order valence-corrected chi connectivity index (χ1v) is 5.56. The molecular weight excluding hydrogens is 248 g/mol. The monoisotopic (exact) mass is 260 g/mol. The molecule has 2 aromatic rings. The van der Waals surface area contributed by atoms with Crippen LogP contribution in [0.3, 0.4) is 0 Å². The second kappa shape index (κ2) is 5.67. The highest BCUT2D eigenvalue weighted by Gasteiger charge is 2.02. The lowest BCUT2D eigenvalue weighted by atomic mass is 10.3. The number of carbonyl (C=O) groups is 1. The summed E-state index contributed by atoms with van der Waals surface area (Å²) in [5.74, 6) is 0. The van der Waals surface area contributed by atoms with Crippen molar-refractivity contribution in [2.75, 3.05) is 5.32 Å². The zero-order valence-corrected chi connectivity index (χ0v) is 9.90. The second-order valence-electron chi connectivity index (χ2n) is 3.79. The predicted molar refractivity (Wildman–Crippen MR) is 70.0 cm³/mol. The molecule has 0 saturated heterocycles. The molecule has 98 valence electrons. The van der Waals surface area contributed by atoms with Crippen LogP contribution in [0.2, 0.25) is 0 Å². The van der Waals surface area contributed by atoms with Gasteiger partial charge in [0.1, 0.15) is 0 Å². The Kier molecular flexibility index (Phi) is 3.77. The maximum atomic E-state index is 11.6. The molecule has 2 rings (SSSR count). The number of hydrogen-bond donors (Lipinski definition) is 4. The molecule has 1 aromatic carbocycles. The SMILES string of the molecule is O=C(NCc1cc(=O)[nH]c(=O)[nH]1)Nc1ccccc1. The normalized spacial score (nSPS) is 9.89. The number of carbonyl (C=O) groups excluding carboxylic acids is 1. The van der Waals surface area contributed by atoms with Crippen LogP contribution in [-0.4, -0.2) is 16.0 Å². The molecule has 2 amide bonds. The van der Waals surface area contributed by atoms with Crippen LogP contribution in [0.5, 0.6) is 0 Å². The summed E-state index contributed by atoms with van der Waals surface area (Å²) in [6.45, 7) is 0.0534. The number of urea groups is 1. The average Bonchev–Trinajstić information content (AvgIpc) is 2.36. The molecule has 0 bridgehead atoms. The molecule has 0 spiro atoms. The predicted octanol–water partition coefficient (Wildman–Crippen LogP) is 0.385. The highest BCUT2D eigenvalue weighted by atomic mass is 16.2. The van der Waals surface area contributed by atoms with E-state index < -0.39 is 17.3 Å². The Bertz CT molecular complexity index is 647. The van der Waals surface area contributed by atoms with Crippen molar-refractivity contribution in [3.8, 4) is 0 Å². The first-order valence-electron chi connectivity index (χ1n) is 5.56. The number of hydrogen-bond acceptors (Lipinski definition) is 3. The first-order chi connectivity index (χ1) is 9.13. The van der Waals surface area contributed by atoms with Gasteiger partial charge >= 0.3 is 11.7 Å². The topological polar surface area (TPSA) is 107 Å². The molecule has 0 aliphatic heterocycles. The fourth-order valence-corrected chi connectivity index (χ4v) is 1.49. The van der Waals surface area contributed by atoms with Crippen LogP contribution >= 0.6 is 0 Å². The van der Waals surface area contributed by atoms with E-state index >= 15 is 0 Å². The van der Waals surface area contributed by atoms with Gasteiger partial charge in [-0.25, -0.2) is 9.59 Å². The molecule has 0 aliphatic carbocycles. The summed E-state index contributed by atoms with van der Waals surface area (Å²) >= 11 is 0. The smallest absolute Gasteiger partial charge is 0.325 e. The van der Waals surface area contributed by atoms with Crippen molar-refractivity contribution in [1.82, 2.24) is 15.3 Å². The van der Waals surface area contributed by atoms with Gasteiger partial charge in [0.25, 0.3) is 5.56 Å². The number of anilines is 1. The lowest BCUT2D eigenvalue weighted by molar-refractivity contribution is 0.251. The van der Waals surface area contributed by atoms with Crippen molar-refractivity contribution in [3.05, 3.63) is 62.9 Å². The molecule has 1 heterocycles. The average molecular weight is 260 g/mol. The van der Waals surface area contributed by atoms with Gasteiger partial charge in [-0.05, 0) is 12.1 Å². The third kappa shape index (κ3) is 3.84. The third-order valence-electron chi connectivity index (χ3n) is 2.29. The van der Waals surface area contributed by atoms with Crippen LogP contribution in [0.1, 0.15) is 5.69 Å². The lowest BCUT2D eigenvalue weighted by Gasteiger charge is -2.07. The number of aromatic amines is 2. The summed E-state index contributed by atoms with van der Waals surface area (Å²) < 4.78 is 0. The van der Waals surface area contributed by atoms with E-state index in [4.69, 9.17) is 0 Å². The molecule has 7 heteroatoms. The van der Waals surface area contributed by atoms with Crippen molar-refractivity contribution >= 4 is 11.7 Å². The summed E-state index contributed by atoms with van der Waals surface area (Å²) in [4.78, 5) is 38.1. The Morgan fingerprint density at radius 1 is 1.11 bits per heavy atom. The van der Waals surface area contributed by atoms with Crippen molar-refractivity contribution in [2.24, 2.45) is 0 Å². The number of nitrogens with one attached hydrogen (secondary N) is 4. The molecular formula is C12H12N4O3. The van der Waals surface area contributed by atoms with Crippen LogP contribution in [0.15, 0.2) is 46.0 Å². The van der Waals surface area contributed by atoms with Crippen LogP contribution in [-0.2, 0) is 6.54 Å². The Balaban J connectivity index is 1.93. The summed E-state index contributed by atoms with van der Waals surface area (Å²) in [5.41, 5.74) is -0.131. The number of benzene rings is 1. The van der Waals surface area contributed by atoms with Gasteiger partial charge in [-0.15, -0.1) is 0 Å². The highest BCUT2D eigenvalue weighted by molar-refractivity contribution is 5.89. The van der Waals surface area contributed by atoms with Gasteiger partial charge < -0.3 is 15.6 Å². The Morgan fingerprint density at radius 3 is 2.53 bits per heavy atom. The minimum absolute atomic E-state index is 0.0534. The minimum Gasteiger partial charge on any atom is -0.332 e. The van der Waals surface area contributed by atoms with E-state index in [0.717, 1.165) is 0 Å². The van der Waals surface area contributed by atoms with Crippen molar-refractivity contribution < 1.29 is 4.79 Å². The molecule has 0 atom stereocenters. The molecule has 0 saturated carbocycles. The van der Waals surface area contributed by atoms with Crippen LogP contribution < -0.4 is 21.9 Å². The van der Waals surface area contributed by atoms with Gasteiger partial charge in [-0.2, -0.15) is 0 Å². The summed E-state index contributed by atoms with van der Waals surface area (Å²) in [5, 5.41) is 5.14. The fraction of sp³-hybridized carbons (Fsp3) is 0.0833. The molecule has 7 nitrogen and oxygen atoms in total. The van der Waals surface area contributed by atoms with E-state index in [2.05, 4.69) is 15.6 Å². The van der Waals surface area contributed by atoms with E-state index in [1.54, 1.807) is 24.3 Å². The number of para-hydroxylation sites is 1. The van der Waals surface area contributed by atoms with Gasteiger partial charge in [-0.3, -0.25) is 9.78 Å². The van der Waals surface area contributed by atoms with E-state index in [1.165, 1.54) is 6.07 Å². The number of aromatic nitrogens is 2. The minimum atomic E-state index is -0.604. The maximum Gasteiger partial charge on any atom is 0.325 e. The summed E-state index contributed by atoms with van der Waals surface area (Å²) in [7, 11) is 0. The molecule has 0 aliphatic rings. The quantitative estimate of drug-likeness (QED) is 0.641. The number of rotatable bonds is 3. The Morgan fingerprint density at radius 2 is 1.84 bits per heavy atom. The van der Waals surface area contributed by atoms with E-state index in [-0.39, 0.29) is 6.54 Å². The van der Waals surface area contributed by atoms with E-state index in [9.17, 15) is 14.4 Å². The lowest BCUT2D eigenvalue weighted by Crippen LogP contribution is -2.31. The van der Waals surface area contributed by atoms with Gasteiger partial charge in [-0.1, -0.05) is 18.2 Å². The zero-order chi connectivity index (χ0) is 13.7. The second-order valence-corrected chi connectivity index (χ2v) is 3.79. The van der Waals surface area contributed by atoms with Gasteiger partial charge in [0, 0.05) is 17.4 Å². The fourth-order valence-electron chi connectivity index (χ4n) is 1.49. The molecule has 4 N–H and O–H groups in total. The Labute approximate surface area is 107 Å². The number of amides is 2. The van der Waals surface area contributed by atoms with Gasteiger partial charge in [0.15, 0.2) is 0 Å². The molecule has 19 heavy (non-hydrogen) atoms. The molecule has 0 fully saturated rings. The number of H-pyrrole nitrogens is 2. The van der Waals surface area contributed by atoms with Crippen molar-refractivity contribution in [1.29, 1.82) is 0 Å². The third-order valence-corrected chi connectivity index (χ3v) is 2.29. The van der Waals surface area contributed by atoms with Crippen LogP contribution in [0, 0.1) is 0 Å². The van der Waals surface area contributed by atoms with E-state index in [0.29, 0.717) is 11.4 Å².